The minimum absolute atomic E-state index is 0.0770. The van der Waals surface area contributed by atoms with Crippen LogP contribution in [-0.2, 0) is 9.59 Å². The lowest BCUT2D eigenvalue weighted by molar-refractivity contribution is -0.125. The van der Waals surface area contributed by atoms with Gasteiger partial charge in [-0.15, -0.1) is 0 Å². The molecule has 6 nitrogen and oxygen atoms in total. The van der Waals surface area contributed by atoms with E-state index in [1.165, 1.54) is 5.56 Å². The maximum Gasteiger partial charge on any atom is 0.243 e. The molecule has 0 aromatic heterocycles. The van der Waals surface area contributed by atoms with Gasteiger partial charge in [0, 0.05) is 16.8 Å². The van der Waals surface area contributed by atoms with E-state index in [2.05, 4.69) is 27.7 Å². The predicted octanol–water partition coefficient (Wildman–Crippen LogP) is 3.94. The molecule has 3 rings (SSSR count). The van der Waals surface area contributed by atoms with Crippen LogP contribution in [-0.4, -0.2) is 43.0 Å². The van der Waals surface area contributed by atoms with Crippen molar-refractivity contribution in [3.05, 3.63) is 58.6 Å². The number of nitrogens with zero attached hydrogens (tertiary/aromatic N) is 1. The Morgan fingerprint density at radius 1 is 1.17 bits per heavy atom. The summed E-state index contributed by atoms with van der Waals surface area (Å²) in [5, 5.41) is 6.09. The lowest BCUT2D eigenvalue weighted by Crippen LogP contribution is -2.40. The molecule has 2 amide bonds. The number of benzene rings is 2. The summed E-state index contributed by atoms with van der Waals surface area (Å²) < 4.78 is 5.50. The van der Waals surface area contributed by atoms with E-state index < -0.39 is 0 Å². The molecule has 1 heterocycles. The zero-order chi connectivity index (χ0) is 21.5. The summed E-state index contributed by atoms with van der Waals surface area (Å²) in [6, 6.07) is 13.6. The number of anilines is 1. The molecule has 0 spiro atoms. The van der Waals surface area contributed by atoms with Gasteiger partial charge < -0.3 is 15.4 Å². The van der Waals surface area contributed by atoms with Gasteiger partial charge in [-0.3, -0.25) is 14.5 Å². The fourth-order valence-electron chi connectivity index (χ4n) is 3.70. The minimum Gasteiger partial charge on any atom is -0.494 e. The highest BCUT2D eigenvalue weighted by atomic mass is 35.5. The van der Waals surface area contributed by atoms with E-state index >= 15 is 0 Å². The van der Waals surface area contributed by atoms with Crippen LogP contribution in [0.25, 0.3) is 0 Å². The van der Waals surface area contributed by atoms with Crippen LogP contribution in [0, 0.1) is 6.92 Å². The second-order valence-corrected chi connectivity index (χ2v) is 7.78. The highest BCUT2D eigenvalue weighted by molar-refractivity contribution is 6.31. The van der Waals surface area contributed by atoms with Gasteiger partial charge in [0.05, 0.1) is 19.7 Å². The first kappa shape index (κ1) is 22.1. The van der Waals surface area contributed by atoms with Crippen molar-refractivity contribution < 1.29 is 14.3 Å². The number of ether oxygens (including phenoxy) is 1. The summed E-state index contributed by atoms with van der Waals surface area (Å²) in [7, 11) is 0. The smallest absolute Gasteiger partial charge is 0.243 e. The van der Waals surface area contributed by atoms with Crippen molar-refractivity contribution in [3.8, 4) is 5.75 Å². The lowest BCUT2D eigenvalue weighted by atomic mass is 10.0. The second-order valence-electron chi connectivity index (χ2n) is 7.37. The zero-order valence-corrected chi connectivity index (χ0v) is 18.2. The average Bonchev–Trinajstić information content (AvgIpc) is 3.19. The zero-order valence-electron chi connectivity index (χ0n) is 17.4. The molecule has 0 bridgehead atoms. The van der Waals surface area contributed by atoms with Crippen molar-refractivity contribution in [2.75, 3.05) is 31.6 Å². The van der Waals surface area contributed by atoms with E-state index in [-0.39, 0.29) is 30.9 Å². The Hall–Kier alpha value is -2.57. The first-order valence-corrected chi connectivity index (χ1v) is 10.6. The van der Waals surface area contributed by atoms with E-state index in [4.69, 9.17) is 16.3 Å². The van der Waals surface area contributed by atoms with Gasteiger partial charge in [-0.05, 0) is 68.6 Å². The lowest BCUT2D eigenvalue weighted by Gasteiger charge is -2.24. The van der Waals surface area contributed by atoms with Crippen molar-refractivity contribution in [2.45, 2.75) is 32.7 Å². The molecule has 1 saturated heterocycles. The first-order chi connectivity index (χ1) is 14.5. The van der Waals surface area contributed by atoms with Crippen LogP contribution in [0.4, 0.5) is 5.69 Å². The minimum atomic E-state index is -0.279. The Morgan fingerprint density at radius 2 is 1.93 bits per heavy atom. The molecule has 2 N–H and O–H groups in total. The fraction of sp³-hybridized carbons (Fsp3) is 0.391. The molecule has 0 aliphatic carbocycles. The molecule has 7 heteroatoms. The van der Waals surface area contributed by atoms with Gasteiger partial charge in [0.1, 0.15) is 5.75 Å². The fourth-order valence-corrected chi connectivity index (χ4v) is 3.88. The number of rotatable bonds is 8. The van der Waals surface area contributed by atoms with Crippen molar-refractivity contribution in [3.63, 3.8) is 0 Å². The van der Waals surface area contributed by atoms with Crippen LogP contribution < -0.4 is 15.4 Å². The van der Waals surface area contributed by atoms with Gasteiger partial charge >= 0.3 is 0 Å². The summed E-state index contributed by atoms with van der Waals surface area (Å²) in [6.07, 6.45) is 2.05. The number of likely N-dealkylation sites (tertiary alicyclic amines) is 1. The van der Waals surface area contributed by atoms with Crippen molar-refractivity contribution in [1.82, 2.24) is 10.2 Å². The summed E-state index contributed by atoms with van der Waals surface area (Å²) in [6.45, 7) is 5.49. The predicted molar refractivity (Wildman–Crippen MR) is 119 cm³/mol. The third kappa shape index (κ3) is 5.74. The third-order valence-electron chi connectivity index (χ3n) is 5.27. The topological polar surface area (TPSA) is 70.7 Å². The number of carbonyl (C=O) groups is 2. The summed E-state index contributed by atoms with van der Waals surface area (Å²) in [4.78, 5) is 26.8. The number of nitrogens with one attached hydrogen (secondary N) is 2. The summed E-state index contributed by atoms with van der Waals surface area (Å²) in [5.41, 5.74) is 2.63. The highest BCUT2D eigenvalue weighted by Crippen LogP contribution is 2.32. The van der Waals surface area contributed by atoms with Gasteiger partial charge in [-0.25, -0.2) is 0 Å². The van der Waals surface area contributed by atoms with Crippen LogP contribution in [0.5, 0.6) is 5.75 Å². The Morgan fingerprint density at radius 3 is 2.67 bits per heavy atom. The number of halogens is 1. The molecule has 0 saturated carbocycles. The van der Waals surface area contributed by atoms with Gasteiger partial charge in [0.25, 0.3) is 0 Å². The van der Waals surface area contributed by atoms with Gasteiger partial charge in [-0.2, -0.15) is 0 Å². The molecule has 0 radical (unpaired) electrons. The van der Waals surface area contributed by atoms with Crippen LogP contribution >= 0.6 is 11.6 Å². The number of hydrogen-bond donors (Lipinski definition) is 2. The highest BCUT2D eigenvalue weighted by Gasteiger charge is 2.27. The molecule has 2 aromatic rings. The standard InChI is InChI=1S/C23H28ClN3O3/c1-3-30-18-11-9-17(10-12-18)21-8-5-13-27(21)15-23(29)25-14-22(28)26-20-7-4-6-19(24)16(20)2/h4,6-7,9-12,21H,3,5,8,13-15H2,1-2H3,(H,25,29)(H,26,28)/t21-/m0/s1. The molecular formula is C23H28ClN3O3. The van der Waals surface area contributed by atoms with Crippen LogP contribution in [0.2, 0.25) is 5.02 Å². The van der Waals surface area contributed by atoms with E-state index in [9.17, 15) is 9.59 Å². The van der Waals surface area contributed by atoms with Crippen LogP contribution in [0.3, 0.4) is 0 Å². The first-order valence-electron chi connectivity index (χ1n) is 10.3. The maximum absolute atomic E-state index is 12.4. The second kappa shape index (κ2) is 10.5. The Kier molecular flexibility index (Phi) is 7.71. The van der Waals surface area contributed by atoms with Crippen LogP contribution in [0.15, 0.2) is 42.5 Å². The molecule has 1 aliphatic heterocycles. The quantitative estimate of drug-likeness (QED) is 0.666. The Bertz CT molecular complexity index is 886. The molecule has 1 aliphatic rings. The SMILES string of the molecule is CCOc1ccc([C@@H]2CCCN2CC(=O)NCC(=O)Nc2cccc(Cl)c2C)cc1. The summed E-state index contributed by atoms with van der Waals surface area (Å²) in [5.74, 6) is 0.411. The van der Waals surface area contributed by atoms with Gasteiger partial charge in [0.15, 0.2) is 0 Å². The van der Waals surface area contributed by atoms with Crippen molar-refractivity contribution in [1.29, 1.82) is 0 Å². The average molecular weight is 430 g/mol. The van der Waals surface area contributed by atoms with Gasteiger partial charge in [0.2, 0.25) is 11.8 Å². The molecule has 1 atom stereocenters. The molecule has 2 aromatic carbocycles. The van der Waals surface area contributed by atoms with E-state index in [0.29, 0.717) is 17.3 Å². The number of hydrogen-bond acceptors (Lipinski definition) is 4. The normalized spacial score (nSPS) is 16.3. The third-order valence-corrected chi connectivity index (χ3v) is 5.68. The molecule has 1 fully saturated rings. The molecule has 0 unspecified atom stereocenters. The summed E-state index contributed by atoms with van der Waals surface area (Å²) >= 11 is 6.07. The van der Waals surface area contributed by atoms with Crippen LogP contribution in [0.1, 0.15) is 36.9 Å². The van der Waals surface area contributed by atoms with Crippen molar-refractivity contribution >= 4 is 29.1 Å². The number of carbonyl (C=O) groups excluding carboxylic acids is 2. The van der Waals surface area contributed by atoms with Crippen molar-refractivity contribution in [2.24, 2.45) is 0 Å². The molecular weight excluding hydrogens is 402 g/mol. The Labute approximate surface area is 182 Å². The van der Waals surface area contributed by atoms with E-state index in [0.717, 1.165) is 30.7 Å². The van der Waals surface area contributed by atoms with E-state index in [1.54, 1.807) is 18.2 Å². The van der Waals surface area contributed by atoms with Gasteiger partial charge in [-0.1, -0.05) is 29.8 Å². The Balaban J connectivity index is 1.50. The molecule has 30 heavy (non-hydrogen) atoms. The number of amides is 2. The maximum atomic E-state index is 12.4. The molecule has 160 valence electrons. The monoisotopic (exact) mass is 429 g/mol. The van der Waals surface area contributed by atoms with E-state index in [1.807, 2.05) is 26.0 Å². The largest absolute Gasteiger partial charge is 0.494 e.